The van der Waals surface area contributed by atoms with Crippen LogP contribution >= 0.6 is 0 Å². The Kier molecular flexibility index (Phi) is 4.62. The maximum Gasteiger partial charge on any atom is 0.335 e. The normalized spacial score (nSPS) is 18.4. The molecule has 1 N–H and O–H groups in total. The molecule has 1 amide bonds. The smallest absolute Gasteiger partial charge is 0.335 e. The van der Waals surface area contributed by atoms with E-state index in [0.717, 1.165) is 18.7 Å². The van der Waals surface area contributed by atoms with Crippen molar-refractivity contribution in [3.05, 3.63) is 71.3 Å². The standard InChI is InChI=1S/C19H20N2O3/c1-20-11-12-21(17(13-20)14-5-3-2-4-6-14)18(22)15-7-9-16(10-8-15)19(23)24/h2-10,17H,11-13H2,1H3,(H,23,24). The Bertz CT molecular complexity index is 728. The minimum atomic E-state index is -0.990. The number of benzene rings is 2. The molecule has 0 saturated carbocycles. The highest BCUT2D eigenvalue weighted by atomic mass is 16.4. The van der Waals surface area contributed by atoms with Crippen LogP contribution < -0.4 is 0 Å². The van der Waals surface area contributed by atoms with Crippen LogP contribution in [-0.4, -0.2) is 53.5 Å². The van der Waals surface area contributed by atoms with E-state index in [-0.39, 0.29) is 17.5 Å². The van der Waals surface area contributed by atoms with E-state index in [9.17, 15) is 9.59 Å². The first-order chi connectivity index (χ1) is 11.6. The number of carboxylic acids is 1. The van der Waals surface area contributed by atoms with Crippen molar-refractivity contribution in [2.75, 3.05) is 26.7 Å². The lowest BCUT2D eigenvalue weighted by molar-refractivity contribution is 0.0497. The van der Waals surface area contributed by atoms with Crippen LogP contribution in [0.15, 0.2) is 54.6 Å². The zero-order valence-corrected chi connectivity index (χ0v) is 13.6. The van der Waals surface area contributed by atoms with Gasteiger partial charge in [0.05, 0.1) is 11.6 Å². The summed E-state index contributed by atoms with van der Waals surface area (Å²) >= 11 is 0. The second-order valence-electron chi connectivity index (χ2n) is 6.07. The van der Waals surface area contributed by atoms with Crippen LogP contribution in [0.5, 0.6) is 0 Å². The molecule has 2 aromatic carbocycles. The highest BCUT2D eigenvalue weighted by Crippen LogP contribution is 2.26. The summed E-state index contributed by atoms with van der Waals surface area (Å²) < 4.78 is 0. The number of rotatable bonds is 3. The molecule has 0 aliphatic carbocycles. The average Bonchev–Trinajstić information content (AvgIpc) is 2.62. The van der Waals surface area contributed by atoms with Crippen molar-refractivity contribution in [1.82, 2.24) is 9.80 Å². The second-order valence-corrected chi connectivity index (χ2v) is 6.07. The zero-order valence-electron chi connectivity index (χ0n) is 13.6. The number of amides is 1. The Labute approximate surface area is 141 Å². The van der Waals surface area contributed by atoms with Gasteiger partial charge in [-0.2, -0.15) is 0 Å². The van der Waals surface area contributed by atoms with Crippen LogP contribution in [0, 0.1) is 0 Å². The van der Waals surface area contributed by atoms with Gasteiger partial charge in [-0.25, -0.2) is 4.79 Å². The molecule has 1 unspecified atom stereocenters. The zero-order chi connectivity index (χ0) is 17.1. The van der Waals surface area contributed by atoms with Crippen LogP contribution in [0.25, 0.3) is 0 Å². The Morgan fingerprint density at radius 3 is 2.21 bits per heavy atom. The van der Waals surface area contributed by atoms with Gasteiger partial charge in [0.25, 0.3) is 5.91 Å². The van der Waals surface area contributed by atoms with Crippen molar-refractivity contribution >= 4 is 11.9 Å². The number of carbonyl (C=O) groups is 2. The maximum absolute atomic E-state index is 12.9. The summed E-state index contributed by atoms with van der Waals surface area (Å²) in [5, 5.41) is 8.98. The van der Waals surface area contributed by atoms with E-state index in [1.54, 1.807) is 12.1 Å². The van der Waals surface area contributed by atoms with Gasteiger partial charge in [-0.1, -0.05) is 30.3 Å². The molecule has 5 heteroatoms. The average molecular weight is 324 g/mol. The molecule has 124 valence electrons. The van der Waals surface area contributed by atoms with Gasteiger partial charge >= 0.3 is 5.97 Å². The highest BCUT2D eigenvalue weighted by molar-refractivity contribution is 5.96. The number of hydrogen-bond acceptors (Lipinski definition) is 3. The molecule has 0 radical (unpaired) electrons. The third kappa shape index (κ3) is 3.31. The summed E-state index contributed by atoms with van der Waals surface area (Å²) in [6, 6.07) is 16.1. The topological polar surface area (TPSA) is 60.9 Å². The molecule has 2 aromatic rings. The van der Waals surface area contributed by atoms with E-state index >= 15 is 0 Å². The lowest BCUT2D eigenvalue weighted by Crippen LogP contribution is -2.49. The van der Waals surface area contributed by atoms with Gasteiger partial charge in [0.1, 0.15) is 0 Å². The molecule has 1 saturated heterocycles. The predicted octanol–water partition coefficient (Wildman–Crippen LogP) is 2.51. The summed E-state index contributed by atoms with van der Waals surface area (Å²) in [5.41, 5.74) is 1.81. The van der Waals surface area contributed by atoms with E-state index in [0.29, 0.717) is 12.1 Å². The van der Waals surface area contributed by atoms with E-state index in [2.05, 4.69) is 11.9 Å². The first-order valence-corrected chi connectivity index (χ1v) is 7.94. The number of likely N-dealkylation sites (N-methyl/N-ethyl adjacent to an activating group) is 1. The van der Waals surface area contributed by atoms with Crippen molar-refractivity contribution in [2.45, 2.75) is 6.04 Å². The number of carbonyl (C=O) groups excluding carboxylic acids is 1. The third-order valence-electron chi connectivity index (χ3n) is 4.41. The van der Waals surface area contributed by atoms with E-state index in [1.165, 1.54) is 12.1 Å². The van der Waals surface area contributed by atoms with Crippen LogP contribution in [-0.2, 0) is 0 Å². The number of piperazine rings is 1. The van der Waals surface area contributed by atoms with Gasteiger partial charge in [-0.15, -0.1) is 0 Å². The minimum absolute atomic E-state index is 0.00315. The van der Waals surface area contributed by atoms with Crippen molar-refractivity contribution in [3.8, 4) is 0 Å². The number of carboxylic acid groups (broad SMARTS) is 1. The van der Waals surface area contributed by atoms with Crippen LogP contribution in [0.4, 0.5) is 0 Å². The van der Waals surface area contributed by atoms with Gasteiger partial charge < -0.3 is 14.9 Å². The fourth-order valence-corrected chi connectivity index (χ4v) is 3.04. The maximum atomic E-state index is 12.9. The minimum Gasteiger partial charge on any atom is -0.478 e. The van der Waals surface area contributed by atoms with E-state index in [1.807, 2.05) is 35.2 Å². The summed E-state index contributed by atoms with van der Waals surface area (Å²) in [6.07, 6.45) is 0. The second kappa shape index (κ2) is 6.84. The van der Waals surface area contributed by atoms with Crippen molar-refractivity contribution in [1.29, 1.82) is 0 Å². The number of hydrogen-bond donors (Lipinski definition) is 1. The highest BCUT2D eigenvalue weighted by Gasteiger charge is 2.30. The van der Waals surface area contributed by atoms with Gasteiger partial charge in [-0.05, 0) is 36.9 Å². The lowest BCUT2D eigenvalue weighted by atomic mass is 10.0. The molecule has 1 fully saturated rings. The van der Waals surface area contributed by atoms with Gasteiger partial charge in [0.15, 0.2) is 0 Å². The predicted molar refractivity (Wildman–Crippen MR) is 91.1 cm³/mol. The fourth-order valence-electron chi connectivity index (χ4n) is 3.04. The lowest BCUT2D eigenvalue weighted by Gasteiger charge is -2.40. The molecule has 0 aromatic heterocycles. The Morgan fingerprint density at radius 2 is 1.58 bits per heavy atom. The van der Waals surface area contributed by atoms with Crippen molar-refractivity contribution in [3.63, 3.8) is 0 Å². The molecule has 0 bridgehead atoms. The number of aromatic carboxylic acids is 1. The van der Waals surface area contributed by atoms with E-state index < -0.39 is 5.97 Å². The Hall–Kier alpha value is -2.66. The first-order valence-electron chi connectivity index (χ1n) is 7.94. The molecular formula is C19H20N2O3. The van der Waals surface area contributed by atoms with Crippen LogP contribution in [0.3, 0.4) is 0 Å². The van der Waals surface area contributed by atoms with Gasteiger partial charge in [-0.3, -0.25) is 4.79 Å². The SMILES string of the molecule is CN1CCN(C(=O)c2ccc(C(=O)O)cc2)C(c2ccccc2)C1. The summed E-state index contributed by atoms with van der Waals surface area (Å²) in [5.74, 6) is -1.05. The molecule has 24 heavy (non-hydrogen) atoms. The Morgan fingerprint density at radius 1 is 0.958 bits per heavy atom. The summed E-state index contributed by atoms with van der Waals surface area (Å²) in [7, 11) is 2.05. The van der Waals surface area contributed by atoms with Crippen molar-refractivity contribution < 1.29 is 14.7 Å². The van der Waals surface area contributed by atoms with Gasteiger partial charge in [0.2, 0.25) is 0 Å². The molecule has 3 rings (SSSR count). The van der Waals surface area contributed by atoms with Crippen LogP contribution in [0.2, 0.25) is 0 Å². The molecule has 1 aliphatic heterocycles. The fraction of sp³-hybridized carbons (Fsp3) is 0.263. The third-order valence-corrected chi connectivity index (χ3v) is 4.41. The molecule has 1 aliphatic rings. The van der Waals surface area contributed by atoms with Gasteiger partial charge in [0, 0.05) is 25.2 Å². The van der Waals surface area contributed by atoms with Crippen molar-refractivity contribution in [2.24, 2.45) is 0 Å². The quantitative estimate of drug-likeness (QED) is 0.942. The molecule has 0 spiro atoms. The monoisotopic (exact) mass is 324 g/mol. The Balaban J connectivity index is 1.87. The molecule has 5 nitrogen and oxygen atoms in total. The first kappa shape index (κ1) is 16.2. The summed E-state index contributed by atoms with van der Waals surface area (Å²) in [6.45, 7) is 2.25. The summed E-state index contributed by atoms with van der Waals surface area (Å²) in [4.78, 5) is 28.0. The largest absolute Gasteiger partial charge is 0.478 e. The number of nitrogens with zero attached hydrogens (tertiary/aromatic N) is 2. The molecule has 1 atom stereocenters. The van der Waals surface area contributed by atoms with E-state index in [4.69, 9.17) is 5.11 Å². The van der Waals surface area contributed by atoms with Crippen LogP contribution in [0.1, 0.15) is 32.3 Å². The molecular weight excluding hydrogens is 304 g/mol. The molecule has 1 heterocycles.